The van der Waals surface area contributed by atoms with Crippen LogP contribution in [0.4, 0.5) is 0 Å². The first kappa shape index (κ1) is 16.4. The molecule has 0 amide bonds. The van der Waals surface area contributed by atoms with Gasteiger partial charge in [-0.1, -0.05) is 38.2 Å². The molecule has 4 nitrogen and oxygen atoms in total. The maximum absolute atomic E-state index is 12.8. The van der Waals surface area contributed by atoms with Gasteiger partial charge < -0.3 is 5.73 Å². The van der Waals surface area contributed by atoms with E-state index in [1.165, 1.54) is 0 Å². The Hall–Kier alpha value is -0.980. The first-order chi connectivity index (χ1) is 9.73. The van der Waals surface area contributed by atoms with E-state index >= 15 is 0 Å². The van der Waals surface area contributed by atoms with E-state index < -0.39 is 10.0 Å². The molecule has 0 spiro atoms. The molecule has 1 fully saturated rings. The number of benzene rings is 1. The van der Waals surface area contributed by atoms with Gasteiger partial charge in [-0.05, 0) is 37.3 Å². The Morgan fingerprint density at radius 2 is 1.81 bits per heavy atom. The maximum atomic E-state index is 12.8. The number of hydrogen-bond acceptors (Lipinski definition) is 3. The lowest BCUT2D eigenvalue weighted by atomic mass is 9.88. The Morgan fingerprint density at radius 3 is 2.33 bits per heavy atom. The first-order valence-corrected chi connectivity index (χ1v) is 9.00. The molecule has 0 saturated carbocycles. The number of sulfonamides is 1. The van der Waals surface area contributed by atoms with E-state index in [4.69, 9.17) is 18.0 Å². The molecule has 3 unspecified atom stereocenters. The number of thiocarbonyl (C=S) groups is 1. The lowest BCUT2D eigenvalue weighted by molar-refractivity contribution is 0.157. The molecule has 1 heterocycles. The Kier molecular flexibility index (Phi) is 4.70. The van der Waals surface area contributed by atoms with Gasteiger partial charge in [-0.15, -0.1) is 0 Å². The minimum Gasteiger partial charge on any atom is -0.389 e. The highest BCUT2D eigenvalue weighted by Gasteiger charge is 2.37. The number of nitrogens with zero attached hydrogens (tertiary/aromatic N) is 1. The SMILES string of the molecule is CC1CC(C)C(C)N(S(=O)(=O)c2ccc(C(N)=S)cc2)C1. The second-order valence-electron chi connectivity index (χ2n) is 6.02. The molecule has 0 bridgehead atoms. The number of piperidine rings is 1. The van der Waals surface area contributed by atoms with Gasteiger partial charge in [0.1, 0.15) is 4.99 Å². The molecule has 0 aliphatic carbocycles. The van der Waals surface area contributed by atoms with Crippen molar-refractivity contribution < 1.29 is 8.42 Å². The highest BCUT2D eigenvalue weighted by molar-refractivity contribution is 7.89. The molecular formula is C15H22N2O2S2. The summed E-state index contributed by atoms with van der Waals surface area (Å²) in [4.78, 5) is 0.572. The summed E-state index contributed by atoms with van der Waals surface area (Å²) in [5.74, 6) is 0.737. The van der Waals surface area contributed by atoms with Gasteiger partial charge in [-0.25, -0.2) is 8.42 Å². The normalized spacial score (nSPS) is 27.5. The van der Waals surface area contributed by atoms with Crippen LogP contribution >= 0.6 is 12.2 Å². The Morgan fingerprint density at radius 1 is 1.24 bits per heavy atom. The molecule has 2 rings (SSSR count). The molecule has 1 aliphatic rings. The predicted octanol–water partition coefficient (Wildman–Crippen LogP) is 2.38. The topological polar surface area (TPSA) is 63.4 Å². The summed E-state index contributed by atoms with van der Waals surface area (Å²) in [6.07, 6.45) is 1.06. The van der Waals surface area contributed by atoms with Crippen LogP contribution in [0.2, 0.25) is 0 Å². The van der Waals surface area contributed by atoms with Crippen LogP contribution in [0.25, 0.3) is 0 Å². The zero-order valence-electron chi connectivity index (χ0n) is 12.6. The van der Waals surface area contributed by atoms with Crippen molar-refractivity contribution in [2.45, 2.75) is 38.1 Å². The molecule has 1 aliphatic heterocycles. The average molecular weight is 326 g/mol. The standard InChI is InChI=1S/C15H22N2O2S2/c1-10-8-11(2)12(3)17(9-10)21(18,19)14-6-4-13(5-7-14)15(16)20/h4-7,10-12H,8-9H2,1-3H3,(H2,16,20). The first-order valence-electron chi connectivity index (χ1n) is 7.15. The van der Waals surface area contributed by atoms with E-state index in [1.807, 2.05) is 6.92 Å². The zero-order chi connectivity index (χ0) is 15.8. The van der Waals surface area contributed by atoms with Crippen molar-refractivity contribution in [2.24, 2.45) is 17.6 Å². The van der Waals surface area contributed by atoms with E-state index in [-0.39, 0.29) is 11.0 Å². The van der Waals surface area contributed by atoms with Crippen molar-refractivity contribution in [3.63, 3.8) is 0 Å². The summed E-state index contributed by atoms with van der Waals surface area (Å²) in [5.41, 5.74) is 6.22. The van der Waals surface area contributed by atoms with Crippen LogP contribution in [0.5, 0.6) is 0 Å². The fourth-order valence-electron chi connectivity index (χ4n) is 2.91. The summed E-state index contributed by atoms with van der Waals surface area (Å²) in [6.45, 7) is 6.77. The van der Waals surface area contributed by atoms with Gasteiger partial charge >= 0.3 is 0 Å². The van der Waals surface area contributed by atoms with Crippen LogP contribution in [0, 0.1) is 11.8 Å². The van der Waals surface area contributed by atoms with E-state index in [9.17, 15) is 8.42 Å². The minimum absolute atomic E-state index is 0.0152. The summed E-state index contributed by atoms with van der Waals surface area (Å²) in [5, 5.41) is 0. The van der Waals surface area contributed by atoms with E-state index in [2.05, 4.69) is 13.8 Å². The summed E-state index contributed by atoms with van der Waals surface area (Å²) >= 11 is 4.89. The van der Waals surface area contributed by atoms with Gasteiger partial charge in [0.2, 0.25) is 10.0 Å². The fourth-order valence-corrected chi connectivity index (χ4v) is 4.89. The van der Waals surface area contributed by atoms with Crippen molar-refractivity contribution in [1.82, 2.24) is 4.31 Å². The van der Waals surface area contributed by atoms with Gasteiger partial charge in [0, 0.05) is 18.2 Å². The molecule has 6 heteroatoms. The lowest BCUT2D eigenvalue weighted by Crippen LogP contribution is -2.48. The second-order valence-corrected chi connectivity index (χ2v) is 8.35. The molecule has 21 heavy (non-hydrogen) atoms. The summed E-state index contributed by atoms with van der Waals surface area (Å²) in [7, 11) is -3.47. The van der Waals surface area contributed by atoms with Crippen molar-refractivity contribution in [1.29, 1.82) is 0 Å². The van der Waals surface area contributed by atoms with Gasteiger partial charge in [-0.3, -0.25) is 0 Å². The largest absolute Gasteiger partial charge is 0.389 e. The average Bonchev–Trinajstić information content (AvgIpc) is 2.42. The molecule has 116 valence electrons. The molecule has 0 aromatic heterocycles. The fraction of sp³-hybridized carbons (Fsp3) is 0.533. The Labute approximate surface area is 132 Å². The third-order valence-corrected chi connectivity index (χ3v) is 6.49. The van der Waals surface area contributed by atoms with E-state index in [1.54, 1.807) is 28.6 Å². The van der Waals surface area contributed by atoms with Crippen molar-refractivity contribution in [2.75, 3.05) is 6.54 Å². The van der Waals surface area contributed by atoms with Gasteiger partial charge in [-0.2, -0.15) is 4.31 Å². The van der Waals surface area contributed by atoms with Crippen molar-refractivity contribution in [3.05, 3.63) is 29.8 Å². The molecule has 1 aromatic carbocycles. The number of rotatable bonds is 3. The van der Waals surface area contributed by atoms with Crippen LogP contribution in [-0.2, 0) is 10.0 Å². The van der Waals surface area contributed by atoms with Crippen LogP contribution in [-0.4, -0.2) is 30.3 Å². The smallest absolute Gasteiger partial charge is 0.243 e. The van der Waals surface area contributed by atoms with E-state index in [0.717, 1.165) is 6.42 Å². The summed E-state index contributed by atoms with van der Waals surface area (Å²) < 4.78 is 27.3. The predicted molar refractivity (Wildman–Crippen MR) is 88.6 cm³/mol. The van der Waals surface area contributed by atoms with Gasteiger partial charge in [0.05, 0.1) is 4.90 Å². The highest BCUT2D eigenvalue weighted by atomic mass is 32.2. The van der Waals surface area contributed by atoms with Crippen LogP contribution in [0.1, 0.15) is 32.8 Å². The second kappa shape index (κ2) is 6.02. The van der Waals surface area contributed by atoms with Gasteiger partial charge in [0.15, 0.2) is 0 Å². The van der Waals surface area contributed by atoms with Crippen LogP contribution in [0.3, 0.4) is 0 Å². The molecule has 0 radical (unpaired) electrons. The van der Waals surface area contributed by atoms with Crippen LogP contribution < -0.4 is 5.73 Å². The third-order valence-electron chi connectivity index (χ3n) is 4.29. The molecule has 1 saturated heterocycles. The third kappa shape index (κ3) is 3.27. The minimum atomic E-state index is -3.47. The van der Waals surface area contributed by atoms with Gasteiger partial charge in [0.25, 0.3) is 0 Å². The van der Waals surface area contributed by atoms with Crippen LogP contribution in [0.15, 0.2) is 29.2 Å². The Bertz CT molecular complexity index is 626. The summed E-state index contributed by atoms with van der Waals surface area (Å²) in [6, 6.07) is 6.51. The molecular weight excluding hydrogens is 304 g/mol. The number of nitrogens with two attached hydrogens (primary N) is 1. The monoisotopic (exact) mass is 326 g/mol. The van der Waals surface area contributed by atoms with E-state index in [0.29, 0.717) is 28.8 Å². The highest BCUT2D eigenvalue weighted by Crippen LogP contribution is 2.31. The van der Waals surface area contributed by atoms with Crippen molar-refractivity contribution in [3.8, 4) is 0 Å². The lowest BCUT2D eigenvalue weighted by Gasteiger charge is -2.40. The molecule has 1 aromatic rings. The zero-order valence-corrected chi connectivity index (χ0v) is 14.2. The maximum Gasteiger partial charge on any atom is 0.243 e. The van der Waals surface area contributed by atoms with Crippen molar-refractivity contribution >= 4 is 27.2 Å². The number of hydrogen-bond donors (Lipinski definition) is 1. The molecule has 3 atom stereocenters. The Balaban J connectivity index is 2.34. The quantitative estimate of drug-likeness (QED) is 0.866. The molecule has 2 N–H and O–H groups in total.